The number of fused-ring (bicyclic) bond motifs is 2. The smallest absolute Gasteiger partial charge is 0.284 e. The summed E-state index contributed by atoms with van der Waals surface area (Å²) in [4.78, 5) is 39.8. The highest BCUT2D eigenvalue weighted by molar-refractivity contribution is 6.33. The van der Waals surface area contributed by atoms with Crippen molar-refractivity contribution in [2.75, 3.05) is 11.4 Å². The number of Topliss-reactive ketones (excluding diaryl/α,β-unsaturated/α-hetero) is 1. The van der Waals surface area contributed by atoms with Crippen molar-refractivity contribution >= 4 is 39.8 Å². The van der Waals surface area contributed by atoms with Gasteiger partial charge in [0.25, 0.3) is 5.56 Å². The molecule has 1 fully saturated rings. The molecule has 0 radical (unpaired) electrons. The van der Waals surface area contributed by atoms with E-state index in [1.54, 1.807) is 30.6 Å². The largest absolute Gasteiger partial charge is 0.346 e. The third kappa shape index (κ3) is 3.32. The molecule has 0 aliphatic carbocycles. The highest BCUT2D eigenvalue weighted by atomic mass is 35.5. The van der Waals surface area contributed by atoms with E-state index in [2.05, 4.69) is 15.0 Å². The number of aromatic nitrogens is 6. The van der Waals surface area contributed by atoms with E-state index in [9.17, 15) is 14.0 Å². The molecule has 1 N–H and O–H groups in total. The van der Waals surface area contributed by atoms with E-state index in [0.29, 0.717) is 46.9 Å². The van der Waals surface area contributed by atoms with Crippen LogP contribution >= 0.6 is 11.6 Å². The zero-order valence-corrected chi connectivity index (χ0v) is 19.3. The molecule has 1 saturated heterocycles. The van der Waals surface area contributed by atoms with E-state index in [1.807, 2.05) is 4.90 Å². The van der Waals surface area contributed by atoms with Crippen LogP contribution in [0.3, 0.4) is 0 Å². The zero-order valence-electron chi connectivity index (χ0n) is 18.6. The Balaban J connectivity index is 1.61. The summed E-state index contributed by atoms with van der Waals surface area (Å²) in [6, 6.07) is 7.05. The van der Waals surface area contributed by atoms with Gasteiger partial charge in [0.15, 0.2) is 11.6 Å². The van der Waals surface area contributed by atoms with Crippen LogP contribution in [-0.2, 0) is 0 Å². The third-order valence-corrected chi connectivity index (χ3v) is 6.69. The number of carbonyl (C=O) groups is 1. The first-order chi connectivity index (χ1) is 16.9. The molecule has 0 saturated carbocycles. The summed E-state index contributed by atoms with van der Waals surface area (Å²) < 4.78 is 17.1. The second-order valence-electron chi connectivity index (χ2n) is 8.47. The lowest BCUT2D eigenvalue weighted by Crippen LogP contribution is -2.33. The van der Waals surface area contributed by atoms with E-state index >= 15 is 0 Å². The molecule has 4 aromatic heterocycles. The Hall–Kier alpha value is -4.05. The Labute approximate surface area is 202 Å². The van der Waals surface area contributed by atoms with Gasteiger partial charge >= 0.3 is 0 Å². The number of benzene rings is 1. The van der Waals surface area contributed by atoms with Gasteiger partial charge in [-0.2, -0.15) is 5.10 Å². The Bertz CT molecular complexity index is 1690. The first-order valence-electron chi connectivity index (χ1n) is 11.1. The Morgan fingerprint density at radius 2 is 2.11 bits per heavy atom. The molecular formula is C24H19ClFN7O2. The molecule has 0 bridgehead atoms. The maximum Gasteiger partial charge on any atom is 0.284 e. The van der Waals surface area contributed by atoms with Gasteiger partial charge in [0.1, 0.15) is 29.1 Å². The number of hydrogen-bond donors (Lipinski definition) is 1. The molecule has 9 nitrogen and oxygen atoms in total. The summed E-state index contributed by atoms with van der Waals surface area (Å²) in [6.07, 6.45) is 6.17. The predicted molar refractivity (Wildman–Crippen MR) is 129 cm³/mol. The van der Waals surface area contributed by atoms with Crippen LogP contribution in [0.15, 0.2) is 53.8 Å². The van der Waals surface area contributed by atoms with Gasteiger partial charge < -0.3 is 9.88 Å². The van der Waals surface area contributed by atoms with Crippen LogP contribution < -0.4 is 10.5 Å². The quantitative estimate of drug-likeness (QED) is 0.380. The summed E-state index contributed by atoms with van der Waals surface area (Å²) in [7, 11) is 0. The number of anilines is 1. The zero-order chi connectivity index (χ0) is 24.3. The predicted octanol–water partition coefficient (Wildman–Crippen LogP) is 4.09. The summed E-state index contributed by atoms with van der Waals surface area (Å²) in [5.74, 6) is 0.418. The molecule has 176 valence electrons. The topological polar surface area (TPSA) is 101 Å². The molecule has 1 aliphatic rings. The number of ketones is 1. The molecule has 6 rings (SSSR count). The van der Waals surface area contributed by atoms with Crippen LogP contribution in [0, 0.1) is 5.82 Å². The summed E-state index contributed by atoms with van der Waals surface area (Å²) in [5.41, 5.74) is 1.20. The monoisotopic (exact) mass is 491 g/mol. The molecule has 0 amide bonds. The van der Waals surface area contributed by atoms with Gasteiger partial charge in [0.05, 0.1) is 22.1 Å². The first-order valence-corrected chi connectivity index (χ1v) is 11.5. The number of nitrogens with zero attached hydrogens (tertiary/aromatic N) is 6. The Morgan fingerprint density at radius 3 is 2.91 bits per heavy atom. The number of H-pyrrole nitrogens is 1. The average Bonchev–Trinajstić information content (AvgIpc) is 3.57. The Kier molecular flexibility index (Phi) is 4.92. The number of rotatable bonds is 4. The van der Waals surface area contributed by atoms with Gasteiger partial charge in [0, 0.05) is 24.5 Å². The van der Waals surface area contributed by atoms with E-state index < -0.39 is 11.4 Å². The van der Waals surface area contributed by atoms with Crippen molar-refractivity contribution in [3.05, 3.63) is 81.6 Å². The molecule has 1 aromatic carbocycles. The molecular weight excluding hydrogens is 473 g/mol. The fourth-order valence-corrected chi connectivity index (χ4v) is 5.08. The van der Waals surface area contributed by atoms with Gasteiger partial charge in [-0.15, -0.1) is 0 Å². The second-order valence-corrected chi connectivity index (χ2v) is 8.87. The molecule has 5 aromatic rings. The van der Waals surface area contributed by atoms with Gasteiger partial charge in [-0.05, 0) is 44.0 Å². The lowest BCUT2D eigenvalue weighted by Gasteiger charge is -2.27. The van der Waals surface area contributed by atoms with Crippen molar-refractivity contribution in [3.8, 4) is 5.69 Å². The number of aromatic amines is 1. The van der Waals surface area contributed by atoms with Gasteiger partial charge in [-0.3, -0.25) is 14.2 Å². The maximum absolute atomic E-state index is 14.2. The van der Waals surface area contributed by atoms with Crippen LogP contribution in [0.5, 0.6) is 0 Å². The molecule has 0 spiro atoms. The number of hydrogen-bond acceptors (Lipinski definition) is 6. The standard InChI is InChI=1S/C24H19ClFN7O2/c1-13(34)16-11-27-21-19(16)23(29-12-28-21)31-8-3-6-18(31)22-30-32-9-7-17(25)20(32)24(35)33(22)15-5-2-4-14(26)10-15/h2,4-5,7,9-12,18H,3,6,8H2,1H3,(H,27,28,29)/t18-/m0/s1. The van der Waals surface area contributed by atoms with Gasteiger partial charge in [-0.25, -0.2) is 18.9 Å². The lowest BCUT2D eigenvalue weighted by atomic mass is 10.1. The van der Waals surface area contributed by atoms with Crippen molar-refractivity contribution in [2.24, 2.45) is 0 Å². The summed E-state index contributed by atoms with van der Waals surface area (Å²) in [6.45, 7) is 2.12. The minimum absolute atomic E-state index is 0.110. The summed E-state index contributed by atoms with van der Waals surface area (Å²) >= 11 is 6.29. The van der Waals surface area contributed by atoms with Crippen LogP contribution in [0.1, 0.15) is 42.0 Å². The van der Waals surface area contributed by atoms with Gasteiger partial charge in [0.2, 0.25) is 0 Å². The van der Waals surface area contributed by atoms with Crippen molar-refractivity contribution in [1.29, 1.82) is 0 Å². The lowest BCUT2D eigenvalue weighted by molar-refractivity contribution is 0.101. The van der Waals surface area contributed by atoms with Crippen LogP contribution in [0.25, 0.3) is 22.2 Å². The normalized spacial score (nSPS) is 16.0. The number of halogens is 2. The van der Waals surface area contributed by atoms with Crippen LogP contribution in [0.2, 0.25) is 5.02 Å². The summed E-state index contributed by atoms with van der Waals surface area (Å²) in [5, 5.41) is 5.64. The fraction of sp³-hybridized carbons (Fsp3) is 0.208. The molecule has 0 unspecified atom stereocenters. The minimum atomic E-state index is -0.471. The van der Waals surface area contributed by atoms with Crippen LogP contribution in [0.4, 0.5) is 10.2 Å². The van der Waals surface area contributed by atoms with E-state index in [-0.39, 0.29) is 22.4 Å². The highest BCUT2D eigenvalue weighted by Crippen LogP contribution is 2.38. The van der Waals surface area contributed by atoms with Crippen molar-refractivity contribution in [1.82, 2.24) is 29.1 Å². The molecule has 35 heavy (non-hydrogen) atoms. The molecule has 1 aliphatic heterocycles. The van der Waals surface area contributed by atoms with E-state index in [0.717, 1.165) is 6.42 Å². The fourth-order valence-electron chi connectivity index (χ4n) is 4.86. The van der Waals surface area contributed by atoms with Crippen molar-refractivity contribution < 1.29 is 9.18 Å². The van der Waals surface area contributed by atoms with Gasteiger partial charge in [-0.1, -0.05) is 17.7 Å². The third-order valence-electron chi connectivity index (χ3n) is 6.38. The second kappa shape index (κ2) is 8.02. The van der Waals surface area contributed by atoms with Crippen molar-refractivity contribution in [2.45, 2.75) is 25.8 Å². The SMILES string of the molecule is CC(=O)c1c[nH]c2ncnc(N3CCC[C@H]3c3nn4ccc(Cl)c4c(=O)n3-c3cccc(F)c3)c12. The number of nitrogens with one attached hydrogen (secondary N) is 1. The van der Waals surface area contributed by atoms with E-state index in [1.165, 1.54) is 34.5 Å². The molecule has 5 heterocycles. The average molecular weight is 492 g/mol. The van der Waals surface area contributed by atoms with Crippen LogP contribution in [-0.4, -0.2) is 41.5 Å². The minimum Gasteiger partial charge on any atom is -0.346 e. The number of carbonyl (C=O) groups excluding carboxylic acids is 1. The molecule has 1 atom stereocenters. The van der Waals surface area contributed by atoms with Crippen molar-refractivity contribution in [3.63, 3.8) is 0 Å². The maximum atomic E-state index is 14.2. The highest BCUT2D eigenvalue weighted by Gasteiger charge is 2.34. The van der Waals surface area contributed by atoms with E-state index in [4.69, 9.17) is 16.7 Å². The Morgan fingerprint density at radius 1 is 1.26 bits per heavy atom. The first kappa shape index (κ1) is 21.5. The molecule has 11 heteroatoms.